The van der Waals surface area contributed by atoms with Crippen molar-refractivity contribution in [1.82, 2.24) is 9.55 Å². The summed E-state index contributed by atoms with van der Waals surface area (Å²) in [5.41, 5.74) is 7.36. The Hall–Kier alpha value is -1.65. The second-order valence-electron chi connectivity index (χ2n) is 4.56. The van der Waals surface area contributed by atoms with Gasteiger partial charge in [-0.2, -0.15) is 0 Å². The summed E-state index contributed by atoms with van der Waals surface area (Å²) in [6.45, 7) is 2.37. The first-order valence-corrected chi connectivity index (χ1v) is 6.15. The number of aromatic nitrogens is 2. The van der Waals surface area contributed by atoms with Crippen LogP contribution in [0.5, 0.6) is 0 Å². The van der Waals surface area contributed by atoms with E-state index in [9.17, 15) is 5.11 Å². The summed E-state index contributed by atoms with van der Waals surface area (Å²) >= 11 is 0. The van der Waals surface area contributed by atoms with Gasteiger partial charge in [-0.05, 0) is 18.9 Å². The quantitative estimate of drug-likeness (QED) is 0.839. The molecule has 2 aromatic rings. The van der Waals surface area contributed by atoms with Gasteiger partial charge in [-0.3, -0.25) is 0 Å². The number of aliphatic hydroxyl groups excluding tert-OH is 1. The maximum atomic E-state index is 9.57. The molecule has 1 aromatic heterocycles. The number of hydrogen-bond acceptors (Lipinski definition) is 3. The first-order valence-electron chi connectivity index (χ1n) is 6.15. The number of aliphatic hydroxyl groups is 1. The molecular weight excluding hydrogens is 226 g/mol. The van der Waals surface area contributed by atoms with Crippen molar-refractivity contribution in [2.24, 2.45) is 5.73 Å². The van der Waals surface area contributed by atoms with Crippen LogP contribution in [0.1, 0.15) is 24.4 Å². The molecule has 0 fully saturated rings. The number of nitrogens with two attached hydrogens (primary N) is 1. The maximum absolute atomic E-state index is 9.57. The summed E-state index contributed by atoms with van der Waals surface area (Å²) in [7, 11) is 0. The molecule has 0 saturated carbocycles. The fourth-order valence-electron chi connectivity index (χ4n) is 2.08. The lowest BCUT2D eigenvalue weighted by atomic mass is 10.1. The van der Waals surface area contributed by atoms with Crippen molar-refractivity contribution >= 4 is 0 Å². The average molecular weight is 245 g/mol. The summed E-state index contributed by atoms with van der Waals surface area (Å²) in [6.07, 6.45) is 3.80. The Morgan fingerprint density at radius 3 is 2.72 bits per heavy atom. The predicted octanol–water partition coefficient (Wildman–Crippen LogP) is 1.51. The van der Waals surface area contributed by atoms with Crippen LogP contribution < -0.4 is 5.73 Å². The lowest BCUT2D eigenvalue weighted by Gasteiger charge is -2.15. The van der Waals surface area contributed by atoms with Gasteiger partial charge in [0.2, 0.25) is 0 Å². The van der Waals surface area contributed by atoms with Gasteiger partial charge in [0.05, 0.1) is 0 Å². The molecule has 0 spiro atoms. The van der Waals surface area contributed by atoms with Gasteiger partial charge in [-0.15, -0.1) is 0 Å². The molecule has 0 aliphatic heterocycles. The third kappa shape index (κ3) is 3.18. The molecule has 4 nitrogen and oxygen atoms in total. The molecule has 2 atom stereocenters. The highest BCUT2D eigenvalue weighted by Crippen LogP contribution is 2.11. The molecule has 0 amide bonds. The van der Waals surface area contributed by atoms with E-state index in [1.807, 2.05) is 29.0 Å². The highest BCUT2D eigenvalue weighted by Gasteiger charge is 2.11. The van der Waals surface area contributed by atoms with Crippen LogP contribution in [0.4, 0.5) is 0 Å². The Bertz CT molecular complexity index is 479. The van der Waals surface area contributed by atoms with Crippen molar-refractivity contribution in [3.05, 3.63) is 54.1 Å². The van der Waals surface area contributed by atoms with E-state index in [-0.39, 0.29) is 6.04 Å². The topological polar surface area (TPSA) is 64.1 Å². The van der Waals surface area contributed by atoms with E-state index in [1.54, 1.807) is 13.1 Å². The Balaban J connectivity index is 1.99. The van der Waals surface area contributed by atoms with E-state index in [4.69, 9.17) is 5.73 Å². The first kappa shape index (κ1) is 12.8. The Labute approximate surface area is 107 Å². The van der Waals surface area contributed by atoms with E-state index in [2.05, 4.69) is 17.1 Å². The third-order valence-corrected chi connectivity index (χ3v) is 2.89. The van der Waals surface area contributed by atoms with Gasteiger partial charge < -0.3 is 15.4 Å². The van der Waals surface area contributed by atoms with Gasteiger partial charge in [0.15, 0.2) is 0 Å². The minimum atomic E-state index is -0.566. The highest BCUT2D eigenvalue weighted by atomic mass is 16.3. The van der Waals surface area contributed by atoms with Gasteiger partial charge in [0.25, 0.3) is 0 Å². The molecule has 2 unspecified atom stereocenters. The van der Waals surface area contributed by atoms with Crippen LogP contribution in [-0.2, 0) is 13.0 Å². The Morgan fingerprint density at radius 2 is 2.06 bits per heavy atom. The molecule has 2 rings (SSSR count). The van der Waals surface area contributed by atoms with E-state index >= 15 is 0 Å². The van der Waals surface area contributed by atoms with Crippen LogP contribution in [0, 0.1) is 0 Å². The Kier molecular flexibility index (Phi) is 4.12. The van der Waals surface area contributed by atoms with Crippen molar-refractivity contribution < 1.29 is 5.11 Å². The second kappa shape index (κ2) is 5.80. The van der Waals surface area contributed by atoms with Crippen LogP contribution in [-0.4, -0.2) is 20.7 Å². The first-order chi connectivity index (χ1) is 8.66. The molecule has 96 valence electrons. The van der Waals surface area contributed by atoms with Crippen LogP contribution in [0.3, 0.4) is 0 Å². The van der Waals surface area contributed by atoms with Gasteiger partial charge in [-0.25, -0.2) is 4.98 Å². The molecule has 0 aliphatic carbocycles. The lowest BCUT2D eigenvalue weighted by Crippen LogP contribution is -2.29. The van der Waals surface area contributed by atoms with Crippen LogP contribution >= 0.6 is 0 Å². The number of benzene rings is 1. The average Bonchev–Trinajstić information content (AvgIpc) is 2.78. The summed E-state index contributed by atoms with van der Waals surface area (Å²) in [5, 5.41) is 9.57. The summed E-state index contributed by atoms with van der Waals surface area (Å²) in [4.78, 5) is 4.13. The van der Waals surface area contributed by atoms with E-state index in [0.29, 0.717) is 12.4 Å². The standard InChI is InChI=1S/C14H19N3O/c1-11(18)14-16-7-8-17(14)10-13(15)9-12-5-3-2-4-6-12/h2-8,11,13,18H,9-10,15H2,1H3. The molecular formula is C14H19N3O. The zero-order valence-electron chi connectivity index (χ0n) is 10.5. The zero-order chi connectivity index (χ0) is 13.0. The fourth-order valence-corrected chi connectivity index (χ4v) is 2.08. The van der Waals surface area contributed by atoms with E-state index in [0.717, 1.165) is 6.42 Å². The molecule has 18 heavy (non-hydrogen) atoms. The predicted molar refractivity (Wildman–Crippen MR) is 71.0 cm³/mol. The van der Waals surface area contributed by atoms with Crippen molar-refractivity contribution in [2.75, 3.05) is 0 Å². The van der Waals surface area contributed by atoms with Crippen molar-refractivity contribution in [3.8, 4) is 0 Å². The van der Waals surface area contributed by atoms with Crippen molar-refractivity contribution in [2.45, 2.75) is 32.0 Å². The number of nitrogens with zero attached hydrogens (tertiary/aromatic N) is 2. The van der Waals surface area contributed by atoms with Gasteiger partial charge in [0, 0.05) is 25.0 Å². The molecule has 1 aromatic carbocycles. The van der Waals surface area contributed by atoms with Crippen LogP contribution in [0.25, 0.3) is 0 Å². The number of rotatable bonds is 5. The SMILES string of the molecule is CC(O)c1nccn1CC(N)Cc1ccccc1. The fraction of sp³-hybridized carbons (Fsp3) is 0.357. The molecule has 4 heteroatoms. The summed E-state index contributed by atoms with van der Waals surface area (Å²) in [6, 6.07) is 10.2. The largest absolute Gasteiger partial charge is 0.385 e. The zero-order valence-corrected chi connectivity index (χ0v) is 10.5. The summed E-state index contributed by atoms with van der Waals surface area (Å²) in [5.74, 6) is 0.665. The Morgan fingerprint density at radius 1 is 1.33 bits per heavy atom. The molecule has 1 heterocycles. The second-order valence-corrected chi connectivity index (χ2v) is 4.56. The van der Waals surface area contributed by atoms with E-state index in [1.165, 1.54) is 5.56 Å². The van der Waals surface area contributed by atoms with Crippen molar-refractivity contribution in [1.29, 1.82) is 0 Å². The number of imidazole rings is 1. The highest BCUT2D eigenvalue weighted by molar-refractivity contribution is 5.15. The smallest absolute Gasteiger partial charge is 0.137 e. The third-order valence-electron chi connectivity index (χ3n) is 2.89. The van der Waals surface area contributed by atoms with Gasteiger partial charge in [-0.1, -0.05) is 30.3 Å². The lowest BCUT2D eigenvalue weighted by molar-refractivity contribution is 0.183. The normalized spacial score (nSPS) is 14.4. The molecule has 0 aliphatic rings. The van der Waals surface area contributed by atoms with Crippen molar-refractivity contribution in [3.63, 3.8) is 0 Å². The van der Waals surface area contributed by atoms with Crippen LogP contribution in [0.15, 0.2) is 42.7 Å². The monoisotopic (exact) mass is 245 g/mol. The minimum Gasteiger partial charge on any atom is -0.385 e. The van der Waals surface area contributed by atoms with E-state index < -0.39 is 6.10 Å². The molecule has 0 bridgehead atoms. The van der Waals surface area contributed by atoms with Gasteiger partial charge in [0.1, 0.15) is 11.9 Å². The van der Waals surface area contributed by atoms with Gasteiger partial charge >= 0.3 is 0 Å². The molecule has 0 saturated heterocycles. The molecule has 0 radical (unpaired) electrons. The minimum absolute atomic E-state index is 0.0131. The maximum Gasteiger partial charge on any atom is 0.137 e. The van der Waals surface area contributed by atoms with Crippen LogP contribution in [0.2, 0.25) is 0 Å². The summed E-state index contributed by atoms with van der Waals surface area (Å²) < 4.78 is 1.91. The molecule has 3 N–H and O–H groups in total. The number of hydrogen-bond donors (Lipinski definition) is 2.